The molecule has 12 heteroatoms. The summed E-state index contributed by atoms with van der Waals surface area (Å²) in [6.45, 7) is 22.6. The summed E-state index contributed by atoms with van der Waals surface area (Å²) in [5, 5.41) is 1.56. The molecular formula is C24H42N6O2S4. The van der Waals surface area contributed by atoms with Crippen LogP contribution in [0.15, 0.2) is 0 Å². The molecule has 0 spiro atoms. The molecule has 0 aromatic carbocycles. The van der Waals surface area contributed by atoms with Crippen molar-refractivity contribution in [3.63, 3.8) is 0 Å². The smallest absolute Gasteiger partial charge is 0.325 e. The Labute approximate surface area is 238 Å². The Balaban J connectivity index is 0.000000270. The average Bonchev–Trinajstić information content (AvgIpc) is 3.36. The molecule has 3 heterocycles. The Morgan fingerprint density at radius 2 is 0.944 bits per heavy atom. The van der Waals surface area contributed by atoms with Crippen LogP contribution in [0.25, 0.3) is 0 Å². The Hall–Kier alpha value is -1.50. The summed E-state index contributed by atoms with van der Waals surface area (Å²) in [5.41, 5.74) is 0. The van der Waals surface area contributed by atoms with Crippen LogP contribution in [-0.4, -0.2) is 119 Å². The quantitative estimate of drug-likeness (QED) is 0.439. The lowest BCUT2D eigenvalue weighted by atomic mass is 10.3. The van der Waals surface area contributed by atoms with E-state index in [-0.39, 0.29) is 24.0 Å². The zero-order valence-electron chi connectivity index (χ0n) is 23.1. The molecule has 0 radical (unpaired) electrons. The minimum atomic E-state index is 0.0532. The van der Waals surface area contributed by atoms with Gasteiger partial charge in [0.25, 0.3) is 0 Å². The molecule has 3 aliphatic heterocycles. The summed E-state index contributed by atoms with van der Waals surface area (Å²) in [6, 6.07) is 0.808. The summed E-state index contributed by atoms with van der Waals surface area (Å²) in [7, 11) is 0. The number of thiocarbonyl (C=S) groups is 4. The number of carbonyl (C=O) groups excluding carboxylic acids is 2. The fourth-order valence-corrected chi connectivity index (χ4v) is 5.94. The monoisotopic (exact) mass is 574 g/mol. The summed E-state index contributed by atoms with van der Waals surface area (Å²) >= 11 is 20.8. The van der Waals surface area contributed by atoms with E-state index in [1.54, 1.807) is 14.7 Å². The topological polar surface area (TPSA) is 53.6 Å². The zero-order valence-corrected chi connectivity index (χ0v) is 26.4. The molecule has 0 aromatic heterocycles. The highest BCUT2D eigenvalue weighted by Gasteiger charge is 2.34. The fraction of sp³-hybridized carbons (Fsp3) is 0.750. The third-order valence-electron chi connectivity index (χ3n) is 5.91. The largest absolute Gasteiger partial charge is 0.342 e. The van der Waals surface area contributed by atoms with Crippen LogP contribution in [0.4, 0.5) is 4.79 Å². The highest BCUT2D eigenvalue weighted by molar-refractivity contribution is 7.82. The molecule has 0 aromatic rings. The van der Waals surface area contributed by atoms with Crippen molar-refractivity contribution in [1.29, 1.82) is 0 Å². The van der Waals surface area contributed by atoms with Crippen molar-refractivity contribution in [2.45, 2.75) is 80.4 Å². The zero-order chi connectivity index (χ0) is 27.9. The number of hydrogen-bond donors (Lipinski definition) is 0. The van der Waals surface area contributed by atoms with Gasteiger partial charge in [-0.1, -0.05) is 24.4 Å². The maximum atomic E-state index is 11.6. The number of urea groups is 1. The number of amides is 3. The second-order valence-electron chi connectivity index (χ2n) is 9.46. The standard InChI is InChI=1S/2C8H14N2OS.C8H14N2S2/c1-4-9-5-7(12)10(6(2)3)8(9)11;2*1-4-9-5-7(11)10(6(2)3)8(9)12/h3*6H,4-5H2,1-3H3. The number of rotatable bonds is 6. The average molecular weight is 575 g/mol. The van der Waals surface area contributed by atoms with Gasteiger partial charge in [0.05, 0.1) is 19.6 Å². The van der Waals surface area contributed by atoms with Crippen LogP contribution in [0, 0.1) is 0 Å². The maximum absolute atomic E-state index is 11.6. The molecule has 8 nitrogen and oxygen atoms in total. The van der Waals surface area contributed by atoms with Gasteiger partial charge < -0.3 is 19.6 Å². The minimum Gasteiger partial charge on any atom is -0.342 e. The van der Waals surface area contributed by atoms with Crippen LogP contribution in [0.2, 0.25) is 0 Å². The molecule has 0 aliphatic carbocycles. The normalized spacial score (nSPS) is 18.3. The molecule has 0 unspecified atom stereocenters. The van der Waals surface area contributed by atoms with Gasteiger partial charge in [-0.05, 0) is 86.7 Å². The molecule has 0 N–H and O–H groups in total. The molecule has 0 bridgehead atoms. The molecular weight excluding hydrogens is 533 g/mol. The first kappa shape index (κ1) is 32.5. The second-order valence-corrected chi connectivity index (χ2v) is 11.1. The van der Waals surface area contributed by atoms with Crippen molar-refractivity contribution < 1.29 is 9.59 Å². The summed E-state index contributed by atoms with van der Waals surface area (Å²) < 4.78 is 0. The van der Waals surface area contributed by atoms with E-state index in [1.807, 2.05) is 51.3 Å². The summed E-state index contributed by atoms with van der Waals surface area (Å²) in [6.07, 6.45) is 0. The van der Waals surface area contributed by atoms with Crippen LogP contribution in [0.1, 0.15) is 62.3 Å². The van der Waals surface area contributed by atoms with Gasteiger partial charge in [0.1, 0.15) is 9.98 Å². The molecule has 0 atom stereocenters. The molecule has 3 saturated heterocycles. The van der Waals surface area contributed by atoms with Gasteiger partial charge in [-0.15, -0.1) is 0 Å². The SMILES string of the molecule is CCN1CC(=O)N(C(C)C)C1=S.CCN1CC(=S)N(C(C)C)C1=O.CCN1CC(=S)N(C(C)C)C1=S. The van der Waals surface area contributed by atoms with Crippen LogP contribution >= 0.6 is 48.9 Å². The molecule has 36 heavy (non-hydrogen) atoms. The predicted octanol–water partition coefficient (Wildman–Crippen LogP) is 3.97. The van der Waals surface area contributed by atoms with Gasteiger partial charge >= 0.3 is 6.03 Å². The number of nitrogens with zero attached hydrogens (tertiary/aromatic N) is 6. The van der Waals surface area contributed by atoms with E-state index in [0.29, 0.717) is 24.2 Å². The van der Waals surface area contributed by atoms with Crippen LogP contribution in [-0.2, 0) is 4.79 Å². The van der Waals surface area contributed by atoms with Crippen molar-refractivity contribution >= 4 is 81.0 Å². The van der Waals surface area contributed by atoms with E-state index in [0.717, 1.165) is 41.3 Å². The lowest BCUT2D eigenvalue weighted by molar-refractivity contribution is -0.126. The third-order valence-corrected chi connectivity index (χ3v) is 7.47. The van der Waals surface area contributed by atoms with Gasteiger partial charge in [0, 0.05) is 37.8 Å². The van der Waals surface area contributed by atoms with Gasteiger partial charge in [-0.2, -0.15) is 0 Å². The number of likely N-dealkylation sites (N-methyl/N-ethyl adjacent to an activating group) is 3. The van der Waals surface area contributed by atoms with Crippen molar-refractivity contribution in [1.82, 2.24) is 29.4 Å². The van der Waals surface area contributed by atoms with E-state index >= 15 is 0 Å². The van der Waals surface area contributed by atoms with Crippen molar-refractivity contribution in [3.8, 4) is 0 Å². The van der Waals surface area contributed by atoms with Crippen molar-refractivity contribution in [2.24, 2.45) is 0 Å². The molecule has 3 amide bonds. The maximum Gasteiger partial charge on any atom is 0.325 e. The van der Waals surface area contributed by atoms with Crippen LogP contribution in [0.3, 0.4) is 0 Å². The van der Waals surface area contributed by atoms with Gasteiger partial charge in [0.15, 0.2) is 10.2 Å². The van der Waals surface area contributed by atoms with E-state index in [2.05, 4.69) is 25.7 Å². The Kier molecular flexibility index (Phi) is 13.0. The fourth-order valence-electron chi connectivity index (χ4n) is 3.97. The minimum absolute atomic E-state index is 0.0532. The van der Waals surface area contributed by atoms with E-state index in [9.17, 15) is 9.59 Å². The first-order valence-corrected chi connectivity index (χ1v) is 14.2. The lowest BCUT2D eigenvalue weighted by Crippen LogP contribution is -2.37. The van der Waals surface area contributed by atoms with Crippen LogP contribution < -0.4 is 0 Å². The first-order valence-electron chi connectivity index (χ1n) is 12.6. The summed E-state index contributed by atoms with van der Waals surface area (Å²) in [4.78, 5) is 35.8. The summed E-state index contributed by atoms with van der Waals surface area (Å²) in [5.74, 6) is 0.122. The highest BCUT2D eigenvalue weighted by atomic mass is 32.1. The van der Waals surface area contributed by atoms with E-state index in [4.69, 9.17) is 48.9 Å². The molecule has 0 saturated carbocycles. The Morgan fingerprint density at radius 3 is 1.19 bits per heavy atom. The van der Waals surface area contributed by atoms with E-state index in [1.165, 1.54) is 0 Å². The van der Waals surface area contributed by atoms with Crippen molar-refractivity contribution in [2.75, 3.05) is 39.3 Å². The molecule has 3 rings (SSSR count). The van der Waals surface area contributed by atoms with Crippen molar-refractivity contribution in [3.05, 3.63) is 0 Å². The van der Waals surface area contributed by atoms with E-state index < -0.39 is 0 Å². The lowest BCUT2D eigenvalue weighted by Gasteiger charge is -2.23. The first-order chi connectivity index (χ1) is 16.7. The Bertz CT molecular complexity index is 754. The predicted molar refractivity (Wildman–Crippen MR) is 163 cm³/mol. The van der Waals surface area contributed by atoms with Gasteiger partial charge in [-0.25, -0.2) is 4.79 Å². The van der Waals surface area contributed by atoms with Gasteiger partial charge in [0.2, 0.25) is 5.91 Å². The number of carbonyl (C=O) groups is 2. The molecule has 204 valence electrons. The highest BCUT2D eigenvalue weighted by Crippen LogP contribution is 2.16. The second kappa shape index (κ2) is 14.4. The molecule has 3 fully saturated rings. The third kappa shape index (κ3) is 7.75. The van der Waals surface area contributed by atoms with Gasteiger partial charge in [-0.3, -0.25) is 14.6 Å². The Morgan fingerprint density at radius 1 is 0.583 bits per heavy atom. The molecule has 3 aliphatic rings. The van der Waals surface area contributed by atoms with Crippen LogP contribution in [0.5, 0.6) is 0 Å². The number of hydrogen-bond acceptors (Lipinski definition) is 6.